The van der Waals surface area contributed by atoms with E-state index in [1.807, 2.05) is 0 Å². The molecule has 134 valence electrons. The molecular formula is C23H27N3. The molecular weight excluding hydrogens is 318 g/mol. The van der Waals surface area contributed by atoms with E-state index in [0.717, 1.165) is 42.1 Å². The van der Waals surface area contributed by atoms with Gasteiger partial charge in [-0.15, -0.1) is 0 Å². The van der Waals surface area contributed by atoms with Gasteiger partial charge in [-0.05, 0) is 80.2 Å². The summed E-state index contributed by atoms with van der Waals surface area (Å²) in [6.07, 6.45) is 9.51. The minimum Gasteiger partial charge on any atom is -0.355 e. The Balaban J connectivity index is 1.80. The van der Waals surface area contributed by atoms with Crippen LogP contribution in [0.15, 0.2) is 24.3 Å². The van der Waals surface area contributed by atoms with Crippen LogP contribution in [-0.2, 0) is 19.3 Å². The van der Waals surface area contributed by atoms with E-state index in [-0.39, 0.29) is 0 Å². The Bertz CT molecular complexity index is 841. The average Bonchev–Trinajstić information content (AvgIpc) is 2.73. The van der Waals surface area contributed by atoms with E-state index in [1.54, 1.807) is 0 Å². The number of hydrogen-bond acceptors (Lipinski definition) is 3. The van der Waals surface area contributed by atoms with Gasteiger partial charge in [0.2, 0.25) is 0 Å². The van der Waals surface area contributed by atoms with Crippen LogP contribution in [0.1, 0.15) is 61.3 Å². The first kappa shape index (κ1) is 17.1. The molecule has 4 rings (SSSR count). The van der Waals surface area contributed by atoms with E-state index in [4.69, 9.17) is 4.98 Å². The molecule has 0 amide bonds. The summed E-state index contributed by atoms with van der Waals surface area (Å²) in [4.78, 5) is 7.32. The topological polar surface area (TPSA) is 39.9 Å². The van der Waals surface area contributed by atoms with Crippen molar-refractivity contribution < 1.29 is 0 Å². The first-order valence-electron chi connectivity index (χ1n) is 10.1. The SMILES string of the molecule is CCc1cc(-c2ccc3c(c2)CCCC3)nc(N2CCCCC2)c1C#N. The number of nitrogens with zero attached hydrogens (tertiary/aromatic N) is 3. The molecule has 0 atom stereocenters. The fraction of sp³-hybridized carbons (Fsp3) is 0.478. The van der Waals surface area contributed by atoms with Gasteiger partial charge in [-0.25, -0.2) is 4.98 Å². The monoisotopic (exact) mass is 345 g/mol. The van der Waals surface area contributed by atoms with Crippen molar-refractivity contribution in [2.75, 3.05) is 18.0 Å². The molecule has 0 spiro atoms. The van der Waals surface area contributed by atoms with E-state index in [2.05, 4.69) is 42.2 Å². The zero-order valence-corrected chi connectivity index (χ0v) is 15.7. The maximum atomic E-state index is 9.76. The molecule has 0 unspecified atom stereocenters. The third kappa shape index (κ3) is 3.21. The molecule has 2 aliphatic rings. The lowest BCUT2D eigenvalue weighted by molar-refractivity contribution is 0.573. The fourth-order valence-electron chi connectivity index (χ4n) is 4.36. The maximum absolute atomic E-state index is 9.76. The van der Waals surface area contributed by atoms with Crippen LogP contribution in [0.3, 0.4) is 0 Å². The van der Waals surface area contributed by atoms with Gasteiger partial charge in [-0.2, -0.15) is 5.26 Å². The predicted octanol–water partition coefficient (Wildman–Crippen LogP) is 5.05. The van der Waals surface area contributed by atoms with Crippen molar-refractivity contribution in [2.45, 2.75) is 58.3 Å². The fourth-order valence-corrected chi connectivity index (χ4v) is 4.36. The quantitative estimate of drug-likeness (QED) is 0.781. The molecule has 3 heteroatoms. The number of aryl methyl sites for hydroxylation is 3. The molecule has 0 N–H and O–H groups in total. The van der Waals surface area contributed by atoms with Gasteiger partial charge in [0.25, 0.3) is 0 Å². The largest absolute Gasteiger partial charge is 0.355 e. The van der Waals surface area contributed by atoms with Crippen LogP contribution < -0.4 is 4.90 Å². The maximum Gasteiger partial charge on any atom is 0.147 e. The Morgan fingerprint density at radius 3 is 2.50 bits per heavy atom. The van der Waals surface area contributed by atoms with Gasteiger partial charge in [0.05, 0.1) is 11.3 Å². The second kappa shape index (κ2) is 7.50. The lowest BCUT2D eigenvalue weighted by Crippen LogP contribution is -2.31. The molecule has 1 aromatic carbocycles. The molecule has 1 fully saturated rings. The van der Waals surface area contributed by atoms with Crippen LogP contribution in [0, 0.1) is 11.3 Å². The van der Waals surface area contributed by atoms with Gasteiger partial charge in [-0.1, -0.05) is 19.1 Å². The smallest absolute Gasteiger partial charge is 0.147 e. The van der Waals surface area contributed by atoms with E-state index in [1.165, 1.54) is 61.6 Å². The number of rotatable bonds is 3. The lowest BCUT2D eigenvalue weighted by Gasteiger charge is -2.29. The molecule has 0 bridgehead atoms. The Kier molecular flexibility index (Phi) is 4.93. The molecule has 3 nitrogen and oxygen atoms in total. The van der Waals surface area contributed by atoms with Crippen LogP contribution in [0.25, 0.3) is 11.3 Å². The normalized spacial score (nSPS) is 16.8. The van der Waals surface area contributed by atoms with Crippen LogP contribution in [0.5, 0.6) is 0 Å². The van der Waals surface area contributed by atoms with E-state index < -0.39 is 0 Å². The van der Waals surface area contributed by atoms with Crippen LogP contribution in [0.2, 0.25) is 0 Å². The summed E-state index contributed by atoms with van der Waals surface area (Å²) < 4.78 is 0. The summed E-state index contributed by atoms with van der Waals surface area (Å²) in [6.45, 7) is 4.16. The Morgan fingerprint density at radius 2 is 1.77 bits per heavy atom. The zero-order chi connectivity index (χ0) is 17.9. The summed E-state index contributed by atoms with van der Waals surface area (Å²) in [6, 6.07) is 11.4. The van der Waals surface area contributed by atoms with E-state index in [9.17, 15) is 5.26 Å². The Labute approximate surface area is 156 Å². The summed E-state index contributed by atoms with van der Waals surface area (Å²) in [5.41, 5.74) is 7.10. The van der Waals surface area contributed by atoms with Crippen LogP contribution >= 0.6 is 0 Å². The van der Waals surface area contributed by atoms with Crippen molar-refractivity contribution in [2.24, 2.45) is 0 Å². The van der Waals surface area contributed by atoms with Crippen molar-refractivity contribution in [3.05, 3.63) is 46.5 Å². The molecule has 2 aromatic rings. The molecule has 1 aliphatic carbocycles. The number of piperidine rings is 1. The number of aromatic nitrogens is 1. The van der Waals surface area contributed by atoms with E-state index in [0.29, 0.717) is 0 Å². The van der Waals surface area contributed by atoms with Crippen molar-refractivity contribution in [3.63, 3.8) is 0 Å². The lowest BCUT2D eigenvalue weighted by atomic mass is 9.89. The first-order chi connectivity index (χ1) is 12.8. The second-order valence-electron chi connectivity index (χ2n) is 7.57. The summed E-state index contributed by atoms with van der Waals surface area (Å²) >= 11 is 0. The zero-order valence-electron chi connectivity index (χ0n) is 15.7. The van der Waals surface area contributed by atoms with Crippen molar-refractivity contribution >= 4 is 5.82 Å². The van der Waals surface area contributed by atoms with Gasteiger partial charge in [-0.3, -0.25) is 0 Å². The third-order valence-electron chi connectivity index (χ3n) is 5.87. The van der Waals surface area contributed by atoms with Crippen LogP contribution in [0.4, 0.5) is 5.82 Å². The predicted molar refractivity (Wildman–Crippen MR) is 106 cm³/mol. The minimum absolute atomic E-state index is 0.774. The first-order valence-corrected chi connectivity index (χ1v) is 10.1. The molecule has 26 heavy (non-hydrogen) atoms. The molecule has 1 aliphatic heterocycles. The highest BCUT2D eigenvalue weighted by Gasteiger charge is 2.20. The highest BCUT2D eigenvalue weighted by Crippen LogP contribution is 2.32. The number of fused-ring (bicyclic) bond motifs is 1. The number of pyridine rings is 1. The average molecular weight is 345 g/mol. The molecule has 1 aromatic heterocycles. The van der Waals surface area contributed by atoms with Crippen molar-refractivity contribution in [3.8, 4) is 17.3 Å². The van der Waals surface area contributed by atoms with Gasteiger partial charge >= 0.3 is 0 Å². The molecule has 2 heterocycles. The Hall–Kier alpha value is -2.34. The summed E-state index contributed by atoms with van der Waals surface area (Å²) in [5.74, 6) is 0.902. The second-order valence-corrected chi connectivity index (χ2v) is 7.57. The number of nitriles is 1. The number of anilines is 1. The van der Waals surface area contributed by atoms with Gasteiger partial charge in [0.15, 0.2) is 0 Å². The highest BCUT2D eigenvalue weighted by atomic mass is 15.2. The van der Waals surface area contributed by atoms with Gasteiger partial charge in [0.1, 0.15) is 11.9 Å². The minimum atomic E-state index is 0.774. The van der Waals surface area contributed by atoms with Gasteiger partial charge in [0, 0.05) is 18.7 Å². The highest BCUT2D eigenvalue weighted by molar-refractivity contribution is 5.69. The van der Waals surface area contributed by atoms with Crippen molar-refractivity contribution in [1.29, 1.82) is 5.26 Å². The van der Waals surface area contributed by atoms with Crippen LogP contribution in [-0.4, -0.2) is 18.1 Å². The number of hydrogen-bond donors (Lipinski definition) is 0. The summed E-state index contributed by atoms with van der Waals surface area (Å²) in [7, 11) is 0. The van der Waals surface area contributed by atoms with Gasteiger partial charge < -0.3 is 4.90 Å². The number of benzene rings is 1. The Morgan fingerprint density at radius 1 is 1.00 bits per heavy atom. The van der Waals surface area contributed by atoms with Crippen molar-refractivity contribution in [1.82, 2.24) is 4.98 Å². The molecule has 0 radical (unpaired) electrons. The van der Waals surface area contributed by atoms with E-state index >= 15 is 0 Å². The third-order valence-corrected chi connectivity index (χ3v) is 5.87. The molecule has 1 saturated heterocycles. The molecule has 0 saturated carbocycles. The summed E-state index contributed by atoms with van der Waals surface area (Å²) in [5, 5.41) is 9.76. The standard InChI is InChI=1S/C23H27N3/c1-2-17-15-22(20-11-10-18-8-4-5-9-19(18)14-20)25-23(21(17)16-24)26-12-6-3-7-13-26/h10-11,14-15H,2-9,12-13H2,1H3.